The minimum atomic E-state index is -1.06. The summed E-state index contributed by atoms with van der Waals surface area (Å²) < 4.78 is 0. The summed E-state index contributed by atoms with van der Waals surface area (Å²) in [5.74, 6) is -1.56. The van der Waals surface area contributed by atoms with Crippen molar-refractivity contribution in [2.75, 3.05) is 11.9 Å². The van der Waals surface area contributed by atoms with Gasteiger partial charge in [-0.3, -0.25) is 4.79 Å². The second-order valence-electron chi connectivity index (χ2n) is 5.40. The van der Waals surface area contributed by atoms with Crippen LogP contribution in [-0.4, -0.2) is 29.1 Å². The molecule has 0 aliphatic heterocycles. The van der Waals surface area contributed by atoms with Crippen molar-refractivity contribution in [3.8, 4) is 5.75 Å². The van der Waals surface area contributed by atoms with Crippen LogP contribution in [0.3, 0.4) is 0 Å². The van der Waals surface area contributed by atoms with E-state index in [1.165, 1.54) is 24.1 Å². The Labute approximate surface area is 138 Å². The maximum Gasteiger partial charge on any atom is 0.335 e. The van der Waals surface area contributed by atoms with Crippen LogP contribution in [0.4, 0.5) is 5.69 Å². The van der Waals surface area contributed by atoms with Gasteiger partial charge in [0.15, 0.2) is 0 Å². The second-order valence-corrected chi connectivity index (χ2v) is 5.40. The average Bonchev–Trinajstić information content (AvgIpc) is 2.61. The minimum Gasteiger partial charge on any atom is -0.506 e. The molecule has 3 aromatic rings. The average molecular weight is 321 g/mol. The third-order valence-corrected chi connectivity index (χ3v) is 3.92. The Morgan fingerprint density at radius 3 is 2.46 bits per heavy atom. The maximum atomic E-state index is 12.7. The van der Waals surface area contributed by atoms with Crippen LogP contribution in [0.15, 0.2) is 60.7 Å². The number of carboxylic acids is 1. The van der Waals surface area contributed by atoms with Gasteiger partial charge in [0.1, 0.15) is 5.75 Å². The van der Waals surface area contributed by atoms with E-state index in [0.717, 1.165) is 5.39 Å². The van der Waals surface area contributed by atoms with Crippen LogP contribution in [-0.2, 0) is 0 Å². The van der Waals surface area contributed by atoms with E-state index in [1.807, 2.05) is 12.1 Å². The topological polar surface area (TPSA) is 77.8 Å². The SMILES string of the molecule is CN(C(=O)c1ccc2ccccc2c1O)c1cccc(C(=O)O)c1. The number of carboxylic acid groups (broad SMARTS) is 1. The summed E-state index contributed by atoms with van der Waals surface area (Å²) in [4.78, 5) is 25.1. The van der Waals surface area contributed by atoms with Gasteiger partial charge in [-0.25, -0.2) is 4.79 Å². The fraction of sp³-hybridized carbons (Fsp3) is 0.0526. The third kappa shape index (κ3) is 2.67. The number of amides is 1. The van der Waals surface area contributed by atoms with E-state index < -0.39 is 11.9 Å². The highest BCUT2D eigenvalue weighted by molar-refractivity contribution is 6.11. The molecule has 0 aliphatic rings. The Bertz CT molecular complexity index is 949. The summed E-state index contributed by atoms with van der Waals surface area (Å²) in [5.41, 5.74) is 0.694. The predicted octanol–water partition coefficient (Wildman–Crippen LogP) is 3.52. The number of aromatic hydroxyl groups is 1. The molecule has 1 amide bonds. The molecule has 0 unspecified atom stereocenters. The molecule has 3 aromatic carbocycles. The summed E-state index contributed by atoms with van der Waals surface area (Å²) in [6.07, 6.45) is 0. The van der Waals surface area contributed by atoms with Crippen molar-refractivity contribution >= 4 is 28.3 Å². The zero-order chi connectivity index (χ0) is 17.3. The van der Waals surface area contributed by atoms with Crippen molar-refractivity contribution in [1.29, 1.82) is 0 Å². The molecule has 2 N–H and O–H groups in total. The van der Waals surface area contributed by atoms with E-state index in [2.05, 4.69) is 0 Å². The number of anilines is 1. The van der Waals surface area contributed by atoms with E-state index in [9.17, 15) is 14.7 Å². The van der Waals surface area contributed by atoms with Crippen LogP contribution in [0.5, 0.6) is 5.75 Å². The lowest BCUT2D eigenvalue weighted by Crippen LogP contribution is -2.26. The molecule has 5 heteroatoms. The first-order valence-electron chi connectivity index (χ1n) is 7.31. The molecule has 0 radical (unpaired) electrons. The molecule has 3 rings (SSSR count). The van der Waals surface area contributed by atoms with E-state index in [1.54, 1.807) is 36.4 Å². The second kappa shape index (κ2) is 6.04. The molecule has 0 atom stereocenters. The van der Waals surface area contributed by atoms with Crippen LogP contribution in [0.2, 0.25) is 0 Å². The monoisotopic (exact) mass is 321 g/mol. The van der Waals surface area contributed by atoms with Crippen LogP contribution in [0.1, 0.15) is 20.7 Å². The molecule has 0 aliphatic carbocycles. The van der Waals surface area contributed by atoms with Crippen LogP contribution < -0.4 is 4.90 Å². The highest BCUT2D eigenvalue weighted by Gasteiger charge is 2.19. The molecule has 120 valence electrons. The number of nitrogens with zero attached hydrogens (tertiary/aromatic N) is 1. The van der Waals surface area contributed by atoms with Crippen molar-refractivity contribution in [2.24, 2.45) is 0 Å². The predicted molar refractivity (Wildman–Crippen MR) is 91.7 cm³/mol. The molecule has 0 saturated carbocycles. The molecule has 0 saturated heterocycles. The number of carbonyl (C=O) groups excluding carboxylic acids is 1. The van der Waals surface area contributed by atoms with Crippen molar-refractivity contribution in [1.82, 2.24) is 0 Å². The van der Waals surface area contributed by atoms with Crippen LogP contribution >= 0.6 is 0 Å². The number of hydrogen-bond donors (Lipinski definition) is 2. The summed E-state index contributed by atoms with van der Waals surface area (Å²) in [6, 6.07) is 16.7. The van der Waals surface area contributed by atoms with Gasteiger partial charge in [0.05, 0.1) is 11.1 Å². The number of benzene rings is 3. The molecule has 0 fully saturated rings. The van der Waals surface area contributed by atoms with Crippen molar-refractivity contribution < 1.29 is 19.8 Å². The number of aromatic carboxylic acids is 1. The lowest BCUT2D eigenvalue weighted by Gasteiger charge is -2.19. The Hall–Kier alpha value is -3.34. The fourth-order valence-electron chi connectivity index (χ4n) is 2.57. The Morgan fingerprint density at radius 1 is 0.958 bits per heavy atom. The highest BCUT2D eigenvalue weighted by Crippen LogP contribution is 2.30. The molecular weight excluding hydrogens is 306 g/mol. The highest BCUT2D eigenvalue weighted by atomic mass is 16.4. The zero-order valence-electron chi connectivity index (χ0n) is 12.9. The van der Waals surface area contributed by atoms with E-state index in [-0.39, 0.29) is 16.9 Å². The van der Waals surface area contributed by atoms with Gasteiger partial charge >= 0.3 is 5.97 Å². The quantitative estimate of drug-likeness (QED) is 0.773. The Morgan fingerprint density at radius 2 is 1.71 bits per heavy atom. The maximum absolute atomic E-state index is 12.7. The smallest absolute Gasteiger partial charge is 0.335 e. The summed E-state index contributed by atoms with van der Waals surface area (Å²) >= 11 is 0. The van der Waals surface area contributed by atoms with E-state index >= 15 is 0 Å². The normalized spacial score (nSPS) is 10.5. The Balaban J connectivity index is 2.01. The zero-order valence-corrected chi connectivity index (χ0v) is 12.9. The van der Waals surface area contributed by atoms with Crippen LogP contribution in [0, 0.1) is 0 Å². The largest absolute Gasteiger partial charge is 0.506 e. The van der Waals surface area contributed by atoms with Gasteiger partial charge < -0.3 is 15.1 Å². The van der Waals surface area contributed by atoms with Gasteiger partial charge in [-0.15, -0.1) is 0 Å². The van der Waals surface area contributed by atoms with Crippen molar-refractivity contribution in [3.63, 3.8) is 0 Å². The van der Waals surface area contributed by atoms with Crippen LogP contribution in [0.25, 0.3) is 10.8 Å². The number of hydrogen-bond acceptors (Lipinski definition) is 3. The molecule has 0 spiro atoms. The number of phenols is 1. The number of phenolic OH excluding ortho intramolecular Hbond substituents is 1. The molecule has 0 bridgehead atoms. The lowest BCUT2D eigenvalue weighted by molar-refractivity contribution is 0.0696. The first-order valence-corrected chi connectivity index (χ1v) is 7.31. The first kappa shape index (κ1) is 15.6. The molecule has 5 nitrogen and oxygen atoms in total. The fourth-order valence-corrected chi connectivity index (χ4v) is 2.57. The van der Waals surface area contributed by atoms with E-state index in [0.29, 0.717) is 11.1 Å². The standard InChI is InChI=1S/C19H15NO4/c1-20(14-7-4-6-13(11-14)19(23)24)18(22)16-10-9-12-5-2-3-8-15(12)17(16)21/h2-11,21H,1H3,(H,23,24). The van der Waals surface area contributed by atoms with Gasteiger partial charge in [-0.05, 0) is 29.7 Å². The van der Waals surface area contributed by atoms with E-state index in [4.69, 9.17) is 5.11 Å². The van der Waals surface area contributed by atoms with Crippen molar-refractivity contribution in [2.45, 2.75) is 0 Å². The minimum absolute atomic E-state index is 0.0839. The summed E-state index contributed by atoms with van der Waals surface area (Å²) in [5, 5.41) is 20.9. The van der Waals surface area contributed by atoms with Gasteiger partial charge in [0.2, 0.25) is 0 Å². The number of fused-ring (bicyclic) bond motifs is 1. The number of rotatable bonds is 3. The number of carbonyl (C=O) groups is 2. The van der Waals surface area contributed by atoms with Crippen molar-refractivity contribution in [3.05, 3.63) is 71.8 Å². The molecule has 0 heterocycles. The summed E-state index contributed by atoms with van der Waals surface area (Å²) in [6.45, 7) is 0. The van der Waals surface area contributed by atoms with Gasteiger partial charge in [-0.2, -0.15) is 0 Å². The third-order valence-electron chi connectivity index (χ3n) is 3.92. The van der Waals surface area contributed by atoms with Gasteiger partial charge in [0.25, 0.3) is 5.91 Å². The Kier molecular flexibility index (Phi) is 3.92. The van der Waals surface area contributed by atoms with Gasteiger partial charge in [-0.1, -0.05) is 36.4 Å². The first-order chi connectivity index (χ1) is 11.5. The lowest BCUT2D eigenvalue weighted by atomic mass is 10.0. The molecular formula is C19H15NO4. The summed E-state index contributed by atoms with van der Waals surface area (Å²) in [7, 11) is 1.54. The molecule has 0 aromatic heterocycles. The molecule has 24 heavy (non-hydrogen) atoms. The van der Waals surface area contributed by atoms with Gasteiger partial charge in [0, 0.05) is 18.1 Å².